The number of amides is 1. The van der Waals surface area contributed by atoms with Crippen molar-refractivity contribution in [3.8, 4) is 16.9 Å². The molecule has 0 spiro atoms. The van der Waals surface area contributed by atoms with Gasteiger partial charge in [0.25, 0.3) is 15.9 Å². The number of hydrogen-bond acceptors (Lipinski definition) is 12. The van der Waals surface area contributed by atoms with Crippen LogP contribution in [0.2, 0.25) is 0 Å². The Morgan fingerprint density at radius 1 is 0.696 bits per heavy atom. The van der Waals surface area contributed by atoms with Crippen LogP contribution in [0.15, 0.2) is 160 Å². The molecule has 0 radical (unpaired) electrons. The van der Waals surface area contributed by atoms with Crippen molar-refractivity contribution in [3.05, 3.63) is 174 Å². The van der Waals surface area contributed by atoms with Gasteiger partial charge >= 0.3 is 0 Å². The maximum atomic E-state index is 14.4. The van der Waals surface area contributed by atoms with Gasteiger partial charge in [-0.25, -0.2) is 18.2 Å². The van der Waals surface area contributed by atoms with Gasteiger partial charge in [0.15, 0.2) is 29.1 Å². The Kier molecular flexibility index (Phi) is 10.7. The second kappa shape index (κ2) is 16.1. The molecule has 56 heavy (non-hydrogen) atoms. The zero-order chi connectivity index (χ0) is 39.2. The van der Waals surface area contributed by atoms with Crippen molar-refractivity contribution in [2.75, 3.05) is 5.32 Å². The van der Waals surface area contributed by atoms with Gasteiger partial charge in [0.1, 0.15) is 0 Å². The van der Waals surface area contributed by atoms with E-state index in [0.717, 1.165) is 0 Å². The average molecular weight is 781 g/mol. The van der Waals surface area contributed by atoms with E-state index in [1.807, 2.05) is 0 Å². The molecule has 7 rings (SSSR count). The minimum Gasteiger partial charge on any atom is -0.295 e. The molecular weight excluding hydrogens is 753 g/mol. The normalized spacial score (nSPS) is 11.5. The molecular formula is C40H28N8O6S2. The number of nitrogens with one attached hydrogen (secondary N) is 1. The number of Topliss-reactive ketones (excluding diaryl/α,β-unsaturated/α-hetero) is 2. The van der Waals surface area contributed by atoms with Crippen molar-refractivity contribution < 1.29 is 27.6 Å². The maximum Gasteiger partial charge on any atom is 0.278 e. The predicted molar refractivity (Wildman–Crippen MR) is 208 cm³/mol. The molecule has 1 amide bonds. The molecule has 0 aliphatic rings. The number of azo groups is 1. The Labute approximate surface area is 323 Å². The highest BCUT2D eigenvalue weighted by Crippen LogP contribution is 2.33. The van der Waals surface area contributed by atoms with Crippen LogP contribution in [0.25, 0.3) is 16.9 Å². The van der Waals surface area contributed by atoms with Crippen molar-refractivity contribution in [3.63, 3.8) is 0 Å². The highest BCUT2D eigenvalue weighted by atomic mass is 32.2. The maximum absolute atomic E-state index is 14.4. The predicted octanol–water partition coefficient (Wildman–Crippen LogP) is 6.74. The lowest BCUT2D eigenvalue weighted by atomic mass is 9.97. The molecule has 7 aromatic rings. The fraction of sp³-hybridized carbons (Fsp3) is 0.0250. The highest BCUT2D eigenvalue weighted by molar-refractivity contribution is 7.91. The third kappa shape index (κ3) is 8.02. The average Bonchev–Trinajstić information content (AvgIpc) is 3.88. The number of benzene rings is 5. The molecule has 5 aromatic carbocycles. The summed E-state index contributed by atoms with van der Waals surface area (Å²) < 4.78 is 24.6. The molecule has 0 fully saturated rings. The lowest BCUT2D eigenvalue weighted by molar-refractivity contribution is 0.0859. The number of carbonyl (C=O) groups is 4. The van der Waals surface area contributed by atoms with E-state index in [1.165, 1.54) is 4.68 Å². The molecule has 16 heteroatoms. The Balaban J connectivity index is 1.34. The lowest BCUT2D eigenvalue weighted by Crippen LogP contribution is -2.28. The van der Waals surface area contributed by atoms with Crippen LogP contribution in [0, 0.1) is 0 Å². The molecule has 0 saturated heterocycles. The first-order valence-corrected chi connectivity index (χ1v) is 19.1. The van der Waals surface area contributed by atoms with Crippen LogP contribution in [0.5, 0.6) is 0 Å². The Morgan fingerprint density at radius 3 is 1.80 bits per heavy atom. The quantitative estimate of drug-likeness (QED) is 0.0549. The molecule has 0 aliphatic carbocycles. The van der Waals surface area contributed by atoms with Crippen LogP contribution in [-0.2, 0) is 10.0 Å². The number of sulfonamides is 1. The molecule has 2 aromatic heterocycles. The number of carbonyl (C=O) groups excluding carboxylic acids is 4. The first-order chi connectivity index (χ1) is 27.1. The van der Waals surface area contributed by atoms with E-state index in [1.54, 1.807) is 146 Å². The van der Waals surface area contributed by atoms with Crippen molar-refractivity contribution in [2.45, 2.75) is 10.4 Å². The Bertz CT molecular complexity index is 2670. The molecule has 14 nitrogen and oxygen atoms in total. The number of primary sulfonamides is 1. The minimum atomic E-state index is -4.20. The van der Waals surface area contributed by atoms with Crippen LogP contribution in [0.3, 0.4) is 0 Å². The molecule has 0 atom stereocenters. The first kappa shape index (κ1) is 37.2. The summed E-state index contributed by atoms with van der Waals surface area (Å²) in [6.07, 6.45) is 0. The SMILES string of the molecule is NS(=O)(=O)c1nnc(NC(=O)c2nn(-c3cccc(N=NC(C(=O)c4ccccc4)C(=O)c4ccccc4)c3)c(-c3ccccc3)c2C(=O)c2ccccc2)s1. The van der Waals surface area contributed by atoms with E-state index in [-0.39, 0.29) is 44.5 Å². The first-order valence-electron chi connectivity index (χ1n) is 16.7. The summed E-state index contributed by atoms with van der Waals surface area (Å²) in [5.74, 6) is -2.48. The van der Waals surface area contributed by atoms with E-state index in [9.17, 15) is 27.6 Å². The molecule has 0 unspecified atom stereocenters. The minimum absolute atomic E-state index is 0.0647. The van der Waals surface area contributed by atoms with Crippen LogP contribution in [0.1, 0.15) is 47.1 Å². The number of hydrogen-bond donors (Lipinski definition) is 2. The van der Waals surface area contributed by atoms with Crippen LogP contribution < -0.4 is 10.5 Å². The van der Waals surface area contributed by atoms with Gasteiger partial charge in [-0.1, -0.05) is 139 Å². The standard InChI is InChI=1S/C40H28N8O6S2/c41-56(53,54)40-46-45-39(55-40)42-38(52)32-31(35(49)26-16-7-2-8-17-26)34(25-14-5-1-6-15-25)48(47-32)30-23-13-22-29(24-30)43-44-33(36(50)27-18-9-3-10-19-27)37(51)28-20-11-4-12-21-28/h1-24,33H,(H2,41,53,54)(H,42,45,52). The van der Waals surface area contributed by atoms with E-state index < -0.39 is 43.7 Å². The zero-order valence-corrected chi connectivity index (χ0v) is 30.6. The van der Waals surface area contributed by atoms with Crippen LogP contribution in [-0.4, -0.2) is 57.7 Å². The fourth-order valence-electron chi connectivity index (χ4n) is 5.66. The summed E-state index contributed by atoms with van der Waals surface area (Å²) >= 11 is 0.530. The van der Waals surface area contributed by atoms with Gasteiger partial charge in [0.2, 0.25) is 9.47 Å². The third-order valence-electron chi connectivity index (χ3n) is 8.26. The lowest BCUT2D eigenvalue weighted by Gasteiger charge is -2.11. The van der Waals surface area contributed by atoms with E-state index in [4.69, 9.17) is 5.14 Å². The number of nitrogens with two attached hydrogens (primary N) is 1. The Hall–Kier alpha value is -7.14. The highest BCUT2D eigenvalue weighted by Gasteiger charge is 2.32. The van der Waals surface area contributed by atoms with Crippen molar-refractivity contribution in [2.24, 2.45) is 15.4 Å². The van der Waals surface area contributed by atoms with Gasteiger partial charge in [0, 0.05) is 22.3 Å². The van der Waals surface area contributed by atoms with E-state index in [2.05, 4.69) is 30.8 Å². The smallest absolute Gasteiger partial charge is 0.278 e. The number of anilines is 1. The number of rotatable bonds is 13. The molecule has 3 N–H and O–H groups in total. The van der Waals surface area contributed by atoms with Crippen molar-refractivity contribution >= 4 is 55.4 Å². The van der Waals surface area contributed by atoms with Gasteiger partial charge < -0.3 is 0 Å². The van der Waals surface area contributed by atoms with Gasteiger partial charge in [0.05, 0.1) is 22.6 Å². The van der Waals surface area contributed by atoms with Gasteiger partial charge in [-0.05, 0) is 18.2 Å². The molecule has 2 heterocycles. The summed E-state index contributed by atoms with van der Waals surface area (Å²) in [7, 11) is -4.20. The fourth-order valence-corrected chi connectivity index (χ4v) is 6.99. The zero-order valence-electron chi connectivity index (χ0n) is 29.0. The molecule has 0 bridgehead atoms. The number of aromatic nitrogens is 4. The number of ketones is 3. The molecule has 276 valence electrons. The largest absolute Gasteiger partial charge is 0.295 e. The van der Waals surface area contributed by atoms with Crippen LogP contribution >= 0.6 is 11.3 Å². The topological polar surface area (TPSA) is 209 Å². The van der Waals surface area contributed by atoms with Crippen LogP contribution in [0.4, 0.5) is 10.8 Å². The Morgan fingerprint density at radius 2 is 1.25 bits per heavy atom. The summed E-state index contributed by atoms with van der Waals surface area (Å²) in [6.45, 7) is 0. The van der Waals surface area contributed by atoms with Gasteiger partial charge in [-0.3, -0.25) is 24.5 Å². The number of nitrogens with zero attached hydrogens (tertiary/aromatic N) is 6. The molecule has 0 saturated carbocycles. The summed E-state index contributed by atoms with van der Waals surface area (Å²) in [5, 5.41) is 28.0. The second-order valence-corrected chi connectivity index (χ2v) is 14.7. The molecule has 0 aliphatic heterocycles. The summed E-state index contributed by atoms with van der Waals surface area (Å²) in [5.41, 5.74) is 1.82. The van der Waals surface area contributed by atoms with Crippen molar-refractivity contribution in [1.82, 2.24) is 20.0 Å². The van der Waals surface area contributed by atoms with E-state index in [0.29, 0.717) is 22.6 Å². The van der Waals surface area contributed by atoms with Gasteiger partial charge in [-0.2, -0.15) is 15.3 Å². The summed E-state index contributed by atoms with van der Waals surface area (Å²) in [6, 6.07) is 38.8. The summed E-state index contributed by atoms with van der Waals surface area (Å²) in [4.78, 5) is 55.6. The van der Waals surface area contributed by atoms with Crippen molar-refractivity contribution in [1.29, 1.82) is 0 Å². The van der Waals surface area contributed by atoms with E-state index >= 15 is 0 Å². The van der Waals surface area contributed by atoms with Gasteiger partial charge in [-0.15, -0.1) is 10.2 Å². The second-order valence-electron chi connectivity index (χ2n) is 12.0. The monoisotopic (exact) mass is 780 g/mol. The third-order valence-corrected chi connectivity index (χ3v) is 10.4.